The Morgan fingerprint density at radius 1 is 1.52 bits per heavy atom. The Balaban J connectivity index is 2.22. The number of carbonyl (C=O) groups excluding carboxylic acids is 2. The average Bonchev–Trinajstić information content (AvgIpc) is 2.96. The van der Waals surface area contributed by atoms with Gasteiger partial charge in [0, 0.05) is 0 Å². The lowest BCUT2D eigenvalue weighted by Gasteiger charge is -2.17. The fraction of sp³-hybridized carbons (Fsp3) is 0.545. The fourth-order valence-electron chi connectivity index (χ4n) is 2.48. The maximum atomic E-state index is 11.2. The Morgan fingerprint density at radius 3 is 2.65 bits per heavy atom. The second-order valence-corrected chi connectivity index (χ2v) is 6.97. The van der Waals surface area contributed by atoms with Gasteiger partial charge in [0.1, 0.15) is 18.2 Å². The third-order valence-electron chi connectivity index (χ3n) is 3.63. The number of ether oxygens (including phenoxy) is 1. The van der Waals surface area contributed by atoms with E-state index >= 15 is 0 Å². The number of aromatic nitrogens is 2. The molecule has 2 rings (SSSR count). The van der Waals surface area contributed by atoms with Gasteiger partial charge in [0.15, 0.2) is 11.9 Å². The van der Waals surface area contributed by atoms with Crippen LogP contribution in [-0.2, 0) is 14.1 Å². The molecule has 128 valence electrons. The van der Waals surface area contributed by atoms with Gasteiger partial charge >= 0.3 is 7.60 Å². The van der Waals surface area contributed by atoms with Crippen molar-refractivity contribution in [3.63, 3.8) is 0 Å². The molecule has 1 aromatic rings. The molecule has 1 aromatic heterocycles. The van der Waals surface area contributed by atoms with Crippen LogP contribution in [0.4, 0.5) is 5.82 Å². The molecule has 11 nitrogen and oxygen atoms in total. The molecule has 1 fully saturated rings. The number of hydrogen-bond acceptors (Lipinski definition) is 7. The minimum Gasteiger partial charge on any atom is -0.388 e. The molecule has 7 N–H and O–H groups in total. The lowest BCUT2D eigenvalue weighted by Crippen LogP contribution is -2.28. The van der Waals surface area contributed by atoms with Gasteiger partial charge in [-0.15, -0.1) is 0 Å². The molecule has 0 saturated carbocycles. The molecule has 0 spiro atoms. The molecule has 1 amide bonds. The number of rotatable bonds is 6. The normalized spacial score (nSPS) is 28.0. The van der Waals surface area contributed by atoms with E-state index in [0.717, 1.165) is 10.9 Å². The Bertz CT molecular complexity index is 657. The van der Waals surface area contributed by atoms with Crippen molar-refractivity contribution in [2.24, 2.45) is 11.7 Å². The first-order valence-electron chi connectivity index (χ1n) is 6.61. The number of nitrogens with zero attached hydrogens (tertiary/aromatic N) is 2. The fourth-order valence-corrected chi connectivity index (χ4v) is 3.07. The molecule has 1 saturated heterocycles. The van der Waals surface area contributed by atoms with E-state index < -0.39 is 44.0 Å². The van der Waals surface area contributed by atoms with Crippen molar-refractivity contribution in [1.29, 1.82) is 0 Å². The van der Waals surface area contributed by atoms with Gasteiger partial charge in [-0.05, 0) is 6.42 Å². The van der Waals surface area contributed by atoms with Crippen LogP contribution in [0.3, 0.4) is 0 Å². The number of aliphatic hydroxyl groups excluding tert-OH is 1. The van der Waals surface area contributed by atoms with Crippen molar-refractivity contribution >= 4 is 25.6 Å². The zero-order valence-corrected chi connectivity index (χ0v) is 12.7. The molecule has 2 heterocycles. The summed E-state index contributed by atoms with van der Waals surface area (Å²) in [5, 5.41) is 10.2. The van der Waals surface area contributed by atoms with Gasteiger partial charge < -0.3 is 35.9 Å². The van der Waals surface area contributed by atoms with Crippen molar-refractivity contribution in [3.8, 4) is 0 Å². The van der Waals surface area contributed by atoms with E-state index in [1.807, 2.05) is 0 Å². The third kappa shape index (κ3) is 3.59. The largest absolute Gasteiger partial charge is 0.388 e. The third-order valence-corrected chi connectivity index (χ3v) is 4.47. The summed E-state index contributed by atoms with van der Waals surface area (Å²) < 4.78 is 17.6. The van der Waals surface area contributed by atoms with E-state index in [1.165, 1.54) is 0 Å². The summed E-state index contributed by atoms with van der Waals surface area (Å²) in [5.74, 6) is -1.99. The molecule has 4 atom stereocenters. The van der Waals surface area contributed by atoms with Crippen molar-refractivity contribution < 1.29 is 33.8 Å². The number of nitrogen functional groups attached to an aromatic ring is 1. The second-order valence-electron chi connectivity index (χ2n) is 5.20. The monoisotopic (exact) mass is 348 g/mol. The predicted octanol–water partition coefficient (Wildman–Crippen LogP) is -1.79. The lowest BCUT2D eigenvalue weighted by atomic mass is 9.98. The van der Waals surface area contributed by atoms with Crippen molar-refractivity contribution in [3.05, 3.63) is 12.0 Å². The zero-order valence-electron chi connectivity index (χ0n) is 11.8. The molecular formula is C11H17N4O7P. The lowest BCUT2D eigenvalue weighted by molar-refractivity contribution is -0.114. The summed E-state index contributed by atoms with van der Waals surface area (Å²) in [7, 11) is -4.27. The van der Waals surface area contributed by atoms with Crippen LogP contribution in [0, 0.1) is 5.92 Å². The number of amides is 1. The Hall–Kier alpha value is -1.78. The van der Waals surface area contributed by atoms with Crippen LogP contribution in [0.15, 0.2) is 6.33 Å². The highest BCUT2D eigenvalue weighted by molar-refractivity contribution is 7.51. The first-order chi connectivity index (χ1) is 10.7. The number of nitrogens with two attached hydrogens (primary N) is 2. The maximum Gasteiger partial charge on any atom is 0.325 e. The smallest absolute Gasteiger partial charge is 0.325 e. The van der Waals surface area contributed by atoms with E-state index in [9.17, 15) is 19.3 Å². The molecule has 0 aromatic carbocycles. The second kappa shape index (κ2) is 6.38. The summed E-state index contributed by atoms with van der Waals surface area (Å²) in [6.45, 7) is 0. The number of aldehydes is 1. The van der Waals surface area contributed by atoms with Crippen LogP contribution in [0.25, 0.3) is 0 Å². The molecule has 23 heavy (non-hydrogen) atoms. The van der Waals surface area contributed by atoms with Crippen molar-refractivity contribution in [1.82, 2.24) is 9.55 Å². The van der Waals surface area contributed by atoms with E-state index in [1.54, 1.807) is 0 Å². The van der Waals surface area contributed by atoms with E-state index in [4.69, 9.17) is 26.0 Å². The molecule has 1 aliphatic heterocycles. The van der Waals surface area contributed by atoms with Gasteiger partial charge in [-0.1, -0.05) is 0 Å². The first kappa shape index (κ1) is 17.6. The number of carbonyl (C=O) groups is 2. The summed E-state index contributed by atoms with van der Waals surface area (Å²) in [4.78, 5) is 43.9. The SMILES string of the molecule is NC(=O)c1ncn([C@@H]2O[C@H](CCP(=O)(O)O)C(C=O)[C@H]2O)c1N. The average molecular weight is 348 g/mol. The van der Waals surface area contributed by atoms with Crippen LogP contribution in [0.1, 0.15) is 23.1 Å². The molecule has 0 radical (unpaired) electrons. The topological polar surface area (TPSA) is 191 Å². The van der Waals surface area contributed by atoms with Gasteiger partial charge in [-0.2, -0.15) is 0 Å². The molecular weight excluding hydrogens is 331 g/mol. The van der Waals surface area contributed by atoms with Crippen LogP contribution < -0.4 is 11.5 Å². The summed E-state index contributed by atoms with van der Waals surface area (Å²) in [5.41, 5.74) is 10.6. The Labute approximate surface area is 130 Å². The quantitative estimate of drug-likeness (QED) is 0.291. The Kier molecular flexibility index (Phi) is 4.87. The van der Waals surface area contributed by atoms with Gasteiger partial charge in [-0.25, -0.2) is 4.98 Å². The summed E-state index contributed by atoms with van der Waals surface area (Å²) in [6, 6.07) is 0. The predicted molar refractivity (Wildman–Crippen MR) is 76.2 cm³/mol. The van der Waals surface area contributed by atoms with Crippen LogP contribution in [0.5, 0.6) is 0 Å². The van der Waals surface area contributed by atoms with E-state index in [0.29, 0.717) is 6.29 Å². The van der Waals surface area contributed by atoms with Crippen molar-refractivity contribution in [2.45, 2.75) is 24.9 Å². The maximum absolute atomic E-state index is 11.2. The Morgan fingerprint density at radius 2 is 2.17 bits per heavy atom. The van der Waals surface area contributed by atoms with Crippen LogP contribution in [-0.4, -0.2) is 55.0 Å². The van der Waals surface area contributed by atoms with Gasteiger partial charge in [0.25, 0.3) is 5.91 Å². The van der Waals surface area contributed by atoms with Gasteiger partial charge in [0.05, 0.1) is 24.5 Å². The molecule has 0 bridgehead atoms. The van der Waals surface area contributed by atoms with Crippen LogP contribution in [0.2, 0.25) is 0 Å². The highest BCUT2D eigenvalue weighted by Crippen LogP contribution is 2.41. The summed E-state index contributed by atoms with van der Waals surface area (Å²) >= 11 is 0. The molecule has 1 aliphatic rings. The van der Waals surface area contributed by atoms with Crippen LogP contribution >= 0.6 is 7.60 Å². The number of hydrogen-bond donors (Lipinski definition) is 5. The van der Waals surface area contributed by atoms with E-state index in [2.05, 4.69) is 4.98 Å². The first-order valence-corrected chi connectivity index (χ1v) is 8.41. The molecule has 12 heteroatoms. The van der Waals surface area contributed by atoms with Gasteiger partial charge in [0.2, 0.25) is 0 Å². The number of primary amides is 1. The van der Waals surface area contributed by atoms with E-state index in [-0.39, 0.29) is 17.9 Å². The van der Waals surface area contributed by atoms with Crippen molar-refractivity contribution in [2.75, 3.05) is 11.9 Å². The minimum absolute atomic E-state index is 0.126. The number of anilines is 1. The zero-order chi connectivity index (χ0) is 17.4. The molecule has 0 aliphatic carbocycles. The minimum atomic E-state index is -4.27. The highest BCUT2D eigenvalue weighted by atomic mass is 31.2. The standard InChI is InChI=1S/C11H17N4O7P/c12-9-7(10(13)18)14-4-15(9)11-8(17)5(3-16)6(22-11)1-2-23(19,20)21/h3-6,8,11,17H,1-2,12H2,(H2,13,18)(H2,19,20,21)/t5?,6-,8-,11-/m1/s1. The summed E-state index contributed by atoms with van der Waals surface area (Å²) in [6.07, 6.45) is -2.36. The number of aliphatic hydroxyl groups is 1. The molecule has 1 unspecified atom stereocenters. The van der Waals surface area contributed by atoms with Gasteiger partial charge in [-0.3, -0.25) is 13.9 Å². The highest BCUT2D eigenvalue weighted by Gasteiger charge is 2.45. The number of imidazole rings is 1.